The van der Waals surface area contributed by atoms with Crippen LogP contribution in [0.4, 0.5) is 0 Å². The number of hydrogen-bond acceptors (Lipinski definition) is 1. The van der Waals surface area contributed by atoms with Crippen molar-refractivity contribution < 1.29 is 0 Å². The smallest absolute Gasteiger partial charge is 0.0282 e. The Morgan fingerprint density at radius 3 is 2.61 bits per heavy atom. The van der Waals surface area contributed by atoms with Crippen molar-refractivity contribution in [2.24, 2.45) is 0 Å². The highest BCUT2D eigenvalue weighted by molar-refractivity contribution is 5.15. The van der Waals surface area contributed by atoms with Crippen LogP contribution in [0.2, 0.25) is 0 Å². The molecule has 1 saturated heterocycles. The number of piperidine rings is 1. The minimum Gasteiger partial charge on any atom is -0.289 e. The second-order valence-electron chi connectivity index (χ2n) is 5.07. The van der Waals surface area contributed by atoms with Crippen LogP contribution in [0.3, 0.4) is 0 Å². The van der Waals surface area contributed by atoms with Gasteiger partial charge in [0.05, 0.1) is 0 Å². The molecule has 0 N–H and O–H groups in total. The van der Waals surface area contributed by atoms with Gasteiger partial charge < -0.3 is 0 Å². The summed E-state index contributed by atoms with van der Waals surface area (Å²) in [4.78, 5) is 2.59. The summed E-state index contributed by atoms with van der Waals surface area (Å²) in [6.45, 7) is 8.92. The zero-order chi connectivity index (χ0) is 12.8. The van der Waals surface area contributed by atoms with E-state index in [2.05, 4.69) is 54.5 Å². The van der Waals surface area contributed by atoms with Gasteiger partial charge >= 0.3 is 0 Å². The summed E-state index contributed by atoms with van der Waals surface area (Å²) in [7, 11) is 0. The van der Waals surface area contributed by atoms with Crippen LogP contribution < -0.4 is 0 Å². The first kappa shape index (κ1) is 13.1. The van der Waals surface area contributed by atoms with Crippen molar-refractivity contribution in [3.8, 4) is 0 Å². The molecule has 1 fully saturated rings. The fourth-order valence-corrected chi connectivity index (χ4v) is 2.90. The van der Waals surface area contributed by atoms with E-state index in [9.17, 15) is 0 Å². The number of rotatable bonds is 5. The molecular formula is C17H23N. The van der Waals surface area contributed by atoms with Crippen LogP contribution in [0.1, 0.15) is 31.2 Å². The highest BCUT2D eigenvalue weighted by Gasteiger charge is 2.27. The van der Waals surface area contributed by atoms with Crippen LogP contribution in [0.25, 0.3) is 0 Å². The monoisotopic (exact) mass is 241 g/mol. The number of likely N-dealkylation sites (tertiary alicyclic amines) is 1. The molecule has 0 unspecified atom stereocenters. The summed E-state index contributed by atoms with van der Waals surface area (Å²) in [5.41, 5.74) is 1.39. The number of benzene rings is 1. The molecule has 0 saturated carbocycles. The van der Waals surface area contributed by atoms with Gasteiger partial charge in [-0.3, -0.25) is 4.90 Å². The van der Waals surface area contributed by atoms with Gasteiger partial charge in [-0.25, -0.2) is 0 Å². The van der Waals surface area contributed by atoms with Gasteiger partial charge in [0.2, 0.25) is 0 Å². The molecule has 18 heavy (non-hydrogen) atoms. The summed E-state index contributed by atoms with van der Waals surface area (Å²) in [5.74, 6) is 0. The van der Waals surface area contributed by atoms with Crippen molar-refractivity contribution in [1.82, 2.24) is 4.90 Å². The number of hydrogen-bond donors (Lipinski definition) is 0. The van der Waals surface area contributed by atoms with Gasteiger partial charge in [0, 0.05) is 18.6 Å². The highest BCUT2D eigenvalue weighted by atomic mass is 15.2. The van der Waals surface area contributed by atoms with E-state index in [1.165, 1.54) is 24.8 Å². The molecule has 2 atom stereocenters. The van der Waals surface area contributed by atoms with E-state index >= 15 is 0 Å². The first-order valence-electron chi connectivity index (χ1n) is 6.88. The molecule has 1 aromatic carbocycles. The molecule has 0 aromatic heterocycles. The maximum Gasteiger partial charge on any atom is 0.0282 e. The fraction of sp³-hybridized carbons (Fsp3) is 0.412. The van der Waals surface area contributed by atoms with Gasteiger partial charge in [-0.15, -0.1) is 13.2 Å². The molecule has 0 amide bonds. The summed E-state index contributed by atoms with van der Waals surface area (Å²) in [6.07, 6.45) is 9.07. The molecule has 96 valence electrons. The third kappa shape index (κ3) is 3.11. The van der Waals surface area contributed by atoms with Crippen LogP contribution in [-0.2, 0) is 6.54 Å². The standard InChI is InChI=1S/C17H23N/c1-3-9-17-13-8-12-16(4-2)18(17)14-15-10-6-5-7-11-15/h3-7,10-11,16-17H,1-2,8-9,12-14H2/t16-,17-/m0/s1. The largest absolute Gasteiger partial charge is 0.289 e. The second kappa shape index (κ2) is 6.55. The van der Waals surface area contributed by atoms with Gasteiger partial charge in [-0.1, -0.05) is 48.9 Å². The Hall–Kier alpha value is -1.34. The van der Waals surface area contributed by atoms with Crippen molar-refractivity contribution in [2.75, 3.05) is 0 Å². The lowest BCUT2D eigenvalue weighted by atomic mass is 9.93. The van der Waals surface area contributed by atoms with E-state index in [4.69, 9.17) is 0 Å². The first-order chi connectivity index (χ1) is 8.85. The Balaban J connectivity index is 2.12. The maximum atomic E-state index is 4.00. The van der Waals surface area contributed by atoms with Crippen molar-refractivity contribution >= 4 is 0 Å². The van der Waals surface area contributed by atoms with Crippen molar-refractivity contribution in [1.29, 1.82) is 0 Å². The van der Waals surface area contributed by atoms with Crippen LogP contribution in [0.15, 0.2) is 55.6 Å². The zero-order valence-corrected chi connectivity index (χ0v) is 11.1. The average molecular weight is 241 g/mol. The fourth-order valence-electron chi connectivity index (χ4n) is 2.90. The molecule has 1 heteroatoms. The third-order valence-electron chi connectivity index (χ3n) is 3.85. The highest BCUT2D eigenvalue weighted by Crippen LogP contribution is 2.27. The summed E-state index contributed by atoms with van der Waals surface area (Å²) in [6, 6.07) is 11.9. The normalized spacial score (nSPS) is 24.7. The Labute approximate surface area is 111 Å². The molecule has 0 radical (unpaired) electrons. The summed E-state index contributed by atoms with van der Waals surface area (Å²) < 4.78 is 0. The molecule has 0 spiro atoms. The molecule has 1 nitrogen and oxygen atoms in total. The quantitative estimate of drug-likeness (QED) is 0.699. The topological polar surface area (TPSA) is 3.24 Å². The Kier molecular flexibility index (Phi) is 4.77. The molecule has 0 aliphatic carbocycles. The van der Waals surface area contributed by atoms with Crippen LogP contribution in [0, 0.1) is 0 Å². The van der Waals surface area contributed by atoms with E-state index in [-0.39, 0.29) is 0 Å². The molecule has 1 heterocycles. The zero-order valence-electron chi connectivity index (χ0n) is 11.1. The van der Waals surface area contributed by atoms with Gasteiger partial charge in [0.15, 0.2) is 0 Å². The van der Waals surface area contributed by atoms with Crippen molar-refractivity contribution in [3.05, 3.63) is 61.2 Å². The minimum absolute atomic E-state index is 0.518. The first-order valence-corrected chi connectivity index (χ1v) is 6.88. The SMILES string of the molecule is C=CC[C@H]1CCC[C@H](C=C)N1Cc1ccccc1. The van der Waals surface area contributed by atoms with Gasteiger partial charge in [0.25, 0.3) is 0 Å². The van der Waals surface area contributed by atoms with Gasteiger partial charge in [-0.2, -0.15) is 0 Å². The maximum absolute atomic E-state index is 4.00. The van der Waals surface area contributed by atoms with Crippen LogP contribution in [-0.4, -0.2) is 17.0 Å². The van der Waals surface area contributed by atoms with E-state index in [1.807, 2.05) is 6.08 Å². The van der Waals surface area contributed by atoms with E-state index < -0.39 is 0 Å². The Morgan fingerprint density at radius 2 is 1.94 bits per heavy atom. The Bertz CT molecular complexity index is 382. The predicted molar refractivity (Wildman–Crippen MR) is 78.4 cm³/mol. The molecule has 2 rings (SSSR count). The average Bonchev–Trinajstić information content (AvgIpc) is 2.42. The van der Waals surface area contributed by atoms with Crippen molar-refractivity contribution in [2.45, 2.75) is 44.3 Å². The second-order valence-corrected chi connectivity index (χ2v) is 5.07. The molecule has 1 aromatic rings. The molecule has 0 bridgehead atoms. The van der Waals surface area contributed by atoms with E-state index in [0.717, 1.165) is 13.0 Å². The molecule has 1 aliphatic rings. The molecule has 1 aliphatic heterocycles. The van der Waals surface area contributed by atoms with Crippen LogP contribution >= 0.6 is 0 Å². The lowest BCUT2D eigenvalue weighted by molar-refractivity contribution is 0.101. The minimum atomic E-state index is 0.518. The van der Waals surface area contributed by atoms with Crippen molar-refractivity contribution in [3.63, 3.8) is 0 Å². The Morgan fingerprint density at radius 1 is 1.17 bits per heavy atom. The lowest BCUT2D eigenvalue weighted by Gasteiger charge is -2.40. The van der Waals surface area contributed by atoms with Gasteiger partial charge in [-0.05, 0) is 24.8 Å². The predicted octanol–water partition coefficient (Wildman–Crippen LogP) is 4.17. The lowest BCUT2D eigenvalue weighted by Crippen LogP contribution is -2.44. The van der Waals surface area contributed by atoms with Gasteiger partial charge in [0.1, 0.15) is 0 Å². The van der Waals surface area contributed by atoms with Crippen LogP contribution in [0.5, 0.6) is 0 Å². The number of nitrogens with zero attached hydrogens (tertiary/aromatic N) is 1. The molecular weight excluding hydrogens is 218 g/mol. The van der Waals surface area contributed by atoms with E-state index in [0.29, 0.717) is 12.1 Å². The van der Waals surface area contributed by atoms with E-state index in [1.54, 1.807) is 0 Å². The summed E-state index contributed by atoms with van der Waals surface area (Å²) >= 11 is 0. The third-order valence-corrected chi connectivity index (χ3v) is 3.85. The summed E-state index contributed by atoms with van der Waals surface area (Å²) in [5, 5.41) is 0.